The zero-order valence-corrected chi connectivity index (χ0v) is 11.0. The number of hydrogen-bond acceptors (Lipinski definition) is 2. The first kappa shape index (κ1) is 13.0. The van der Waals surface area contributed by atoms with Crippen LogP contribution in [0.2, 0.25) is 0 Å². The average molecular weight is 221 g/mol. The summed E-state index contributed by atoms with van der Waals surface area (Å²) >= 11 is 0. The van der Waals surface area contributed by atoms with Crippen molar-refractivity contribution >= 4 is 0 Å². The van der Waals surface area contributed by atoms with Crippen LogP contribution in [0.3, 0.4) is 0 Å². The number of benzene rings is 1. The molecule has 0 aliphatic rings. The van der Waals surface area contributed by atoms with Crippen LogP contribution in [0.15, 0.2) is 24.3 Å². The second kappa shape index (κ2) is 5.35. The van der Waals surface area contributed by atoms with Crippen LogP contribution in [0.5, 0.6) is 5.75 Å². The molecule has 0 amide bonds. The van der Waals surface area contributed by atoms with Gasteiger partial charge in [-0.05, 0) is 44.5 Å². The third kappa shape index (κ3) is 3.86. The molecule has 0 aliphatic carbocycles. The summed E-state index contributed by atoms with van der Waals surface area (Å²) in [5.74, 6) is 1.50. The maximum Gasteiger partial charge on any atom is 0.119 e. The summed E-state index contributed by atoms with van der Waals surface area (Å²) < 4.78 is 5.79. The van der Waals surface area contributed by atoms with Crippen molar-refractivity contribution in [3.8, 4) is 5.75 Å². The van der Waals surface area contributed by atoms with E-state index in [1.165, 1.54) is 5.56 Å². The fourth-order valence-corrected chi connectivity index (χ4v) is 1.30. The lowest BCUT2D eigenvalue weighted by molar-refractivity contribution is 0.217. The smallest absolute Gasteiger partial charge is 0.119 e. The van der Waals surface area contributed by atoms with Gasteiger partial charge in [0.05, 0.1) is 0 Å². The van der Waals surface area contributed by atoms with Gasteiger partial charge in [-0.2, -0.15) is 0 Å². The highest BCUT2D eigenvalue weighted by Crippen LogP contribution is 2.20. The predicted molar refractivity (Wildman–Crippen MR) is 69.2 cm³/mol. The fraction of sp³-hybridized carbons (Fsp3) is 0.571. The van der Waals surface area contributed by atoms with Gasteiger partial charge >= 0.3 is 0 Å². The number of ether oxygens (including phenoxy) is 1. The minimum Gasteiger partial charge on any atom is -0.492 e. The molecular formula is C14H23NO. The standard InChI is InChI=1S/C14H23NO/c1-11(2)12-7-6-8-13(9-12)16-10-14(3,4)15-5/h6-9,11,15H,10H2,1-5H3. The van der Waals surface area contributed by atoms with Gasteiger partial charge in [0.1, 0.15) is 12.4 Å². The molecule has 2 nitrogen and oxygen atoms in total. The van der Waals surface area contributed by atoms with Crippen molar-refractivity contribution in [2.75, 3.05) is 13.7 Å². The van der Waals surface area contributed by atoms with Gasteiger partial charge in [0, 0.05) is 5.54 Å². The Hall–Kier alpha value is -1.02. The van der Waals surface area contributed by atoms with Crippen LogP contribution in [-0.4, -0.2) is 19.2 Å². The molecule has 16 heavy (non-hydrogen) atoms. The van der Waals surface area contributed by atoms with Gasteiger partial charge in [-0.15, -0.1) is 0 Å². The van der Waals surface area contributed by atoms with E-state index >= 15 is 0 Å². The molecule has 2 heteroatoms. The summed E-state index contributed by atoms with van der Waals surface area (Å²) in [4.78, 5) is 0. The number of hydrogen-bond donors (Lipinski definition) is 1. The van der Waals surface area contributed by atoms with E-state index in [4.69, 9.17) is 4.74 Å². The molecule has 0 bridgehead atoms. The van der Waals surface area contributed by atoms with Gasteiger partial charge in [-0.25, -0.2) is 0 Å². The van der Waals surface area contributed by atoms with Crippen LogP contribution in [-0.2, 0) is 0 Å². The Morgan fingerprint density at radius 1 is 1.31 bits per heavy atom. The summed E-state index contributed by atoms with van der Waals surface area (Å²) in [6.07, 6.45) is 0. The highest BCUT2D eigenvalue weighted by molar-refractivity contribution is 5.30. The first-order chi connectivity index (χ1) is 7.44. The van der Waals surface area contributed by atoms with E-state index in [1.807, 2.05) is 13.1 Å². The Morgan fingerprint density at radius 2 is 2.00 bits per heavy atom. The van der Waals surface area contributed by atoms with Crippen molar-refractivity contribution in [1.29, 1.82) is 0 Å². The maximum atomic E-state index is 5.79. The molecule has 0 radical (unpaired) electrons. The van der Waals surface area contributed by atoms with Crippen LogP contribution in [0, 0.1) is 0 Å². The molecular weight excluding hydrogens is 198 g/mol. The van der Waals surface area contributed by atoms with Gasteiger partial charge < -0.3 is 10.1 Å². The summed E-state index contributed by atoms with van der Waals surface area (Å²) in [5, 5.41) is 3.22. The van der Waals surface area contributed by atoms with Crippen molar-refractivity contribution in [2.24, 2.45) is 0 Å². The third-order valence-electron chi connectivity index (χ3n) is 2.80. The molecule has 1 aromatic rings. The van der Waals surface area contributed by atoms with Crippen LogP contribution in [0.4, 0.5) is 0 Å². The Bertz CT molecular complexity index is 331. The first-order valence-corrected chi connectivity index (χ1v) is 5.86. The lowest BCUT2D eigenvalue weighted by Crippen LogP contribution is -2.42. The minimum atomic E-state index is 0.00777. The zero-order valence-electron chi connectivity index (χ0n) is 11.0. The minimum absolute atomic E-state index is 0.00777. The molecule has 0 atom stereocenters. The summed E-state index contributed by atoms with van der Waals surface area (Å²) in [5.41, 5.74) is 1.33. The normalized spacial score (nSPS) is 11.9. The molecule has 0 saturated carbocycles. The lowest BCUT2D eigenvalue weighted by atomic mass is 10.0. The van der Waals surface area contributed by atoms with Crippen LogP contribution < -0.4 is 10.1 Å². The second-order valence-electron chi connectivity index (χ2n) is 5.15. The molecule has 0 aliphatic heterocycles. The topological polar surface area (TPSA) is 21.3 Å². The van der Waals surface area contributed by atoms with E-state index in [0.29, 0.717) is 12.5 Å². The van der Waals surface area contributed by atoms with Crippen molar-refractivity contribution in [3.63, 3.8) is 0 Å². The SMILES string of the molecule is CNC(C)(C)COc1cccc(C(C)C)c1. The zero-order chi connectivity index (χ0) is 12.2. The summed E-state index contributed by atoms with van der Waals surface area (Å²) in [7, 11) is 1.95. The van der Waals surface area contributed by atoms with Crippen molar-refractivity contribution in [1.82, 2.24) is 5.32 Å². The Balaban J connectivity index is 2.64. The lowest BCUT2D eigenvalue weighted by Gasteiger charge is -2.24. The molecule has 0 fully saturated rings. The van der Waals surface area contributed by atoms with Crippen molar-refractivity contribution in [3.05, 3.63) is 29.8 Å². The monoisotopic (exact) mass is 221 g/mol. The molecule has 0 unspecified atom stereocenters. The highest BCUT2D eigenvalue weighted by atomic mass is 16.5. The summed E-state index contributed by atoms with van der Waals surface area (Å²) in [6, 6.07) is 8.33. The van der Waals surface area contributed by atoms with Crippen molar-refractivity contribution < 1.29 is 4.74 Å². The molecule has 0 aromatic heterocycles. The van der Waals surface area contributed by atoms with E-state index in [-0.39, 0.29) is 5.54 Å². The average Bonchev–Trinajstić information content (AvgIpc) is 2.27. The van der Waals surface area contributed by atoms with Gasteiger partial charge in [-0.1, -0.05) is 26.0 Å². The molecule has 0 saturated heterocycles. The van der Waals surface area contributed by atoms with Crippen LogP contribution >= 0.6 is 0 Å². The van der Waals surface area contributed by atoms with E-state index in [0.717, 1.165) is 5.75 Å². The van der Waals surface area contributed by atoms with Crippen LogP contribution in [0.25, 0.3) is 0 Å². The van der Waals surface area contributed by atoms with Gasteiger partial charge in [0.25, 0.3) is 0 Å². The molecule has 1 aromatic carbocycles. The quantitative estimate of drug-likeness (QED) is 0.824. The van der Waals surface area contributed by atoms with E-state index < -0.39 is 0 Å². The Labute approximate surface area is 99.0 Å². The van der Waals surface area contributed by atoms with Gasteiger partial charge in [0.2, 0.25) is 0 Å². The molecule has 0 heterocycles. The van der Waals surface area contributed by atoms with Crippen LogP contribution in [0.1, 0.15) is 39.2 Å². The Kier molecular flexibility index (Phi) is 4.36. The second-order valence-corrected chi connectivity index (χ2v) is 5.15. The molecule has 1 rings (SSSR count). The number of rotatable bonds is 5. The summed E-state index contributed by atoms with van der Waals surface area (Å²) in [6.45, 7) is 9.30. The van der Waals surface area contributed by atoms with Gasteiger partial charge in [-0.3, -0.25) is 0 Å². The maximum absolute atomic E-state index is 5.79. The molecule has 90 valence electrons. The molecule has 1 N–H and O–H groups in total. The highest BCUT2D eigenvalue weighted by Gasteiger charge is 2.15. The van der Waals surface area contributed by atoms with E-state index in [2.05, 4.69) is 51.2 Å². The number of likely N-dealkylation sites (N-methyl/N-ethyl adjacent to an activating group) is 1. The molecule has 0 spiro atoms. The fourth-order valence-electron chi connectivity index (χ4n) is 1.30. The van der Waals surface area contributed by atoms with Crippen molar-refractivity contribution in [2.45, 2.75) is 39.2 Å². The predicted octanol–water partition coefficient (Wildman–Crippen LogP) is 3.19. The Morgan fingerprint density at radius 3 is 2.56 bits per heavy atom. The van der Waals surface area contributed by atoms with E-state index in [9.17, 15) is 0 Å². The van der Waals surface area contributed by atoms with Gasteiger partial charge in [0.15, 0.2) is 0 Å². The largest absolute Gasteiger partial charge is 0.492 e. The number of nitrogens with one attached hydrogen (secondary N) is 1. The van der Waals surface area contributed by atoms with E-state index in [1.54, 1.807) is 0 Å². The third-order valence-corrected chi connectivity index (χ3v) is 2.80. The first-order valence-electron chi connectivity index (χ1n) is 5.86.